The van der Waals surface area contributed by atoms with Crippen LogP contribution in [0.3, 0.4) is 0 Å². The third kappa shape index (κ3) is 3.59. The molecule has 2 aromatic carbocycles. The molecule has 0 saturated carbocycles. The van der Waals surface area contributed by atoms with E-state index in [4.69, 9.17) is 11.6 Å². The summed E-state index contributed by atoms with van der Waals surface area (Å²) in [5.74, 6) is 0. The van der Waals surface area contributed by atoms with E-state index in [2.05, 4.69) is 55.6 Å². The lowest BCUT2D eigenvalue weighted by Crippen LogP contribution is -2.12. The van der Waals surface area contributed by atoms with Crippen LogP contribution in [0.5, 0.6) is 0 Å². The molecule has 1 nitrogen and oxygen atoms in total. The molecular formula is C17H20ClN. The highest BCUT2D eigenvalue weighted by Gasteiger charge is 2.03. The Balaban J connectivity index is 2.28. The molecule has 0 spiro atoms. The predicted octanol–water partition coefficient (Wildman–Crippen LogP) is 4.68. The van der Waals surface area contributed by atoms with Gasteiger partial charge in [0.15, 0.2) is 0 Å². The first-order chi connectivity index (χ1) is 9.24. The molecule has 0 bridgehead atoms. The predicted molar refractivity (Wildman–Crippen MR) is 83.6 cm³/mol. The normalized spacial score (nSPS) is 10.7. The zero-order valence-electron chi connectivity index (χ0n) is 11.5. The van der Waals surface area contributed by atoms with Crippen molar-refractivity contribution < 1.29 is 0 Å². The fourth-order valence-corrected chi connectivity index (χ4v) is 2.27. The van der Waals surface area contributed by atoms with Crippen molar-refractivity contribution in [2.24, 2.45) is 0 Å². The number of rotatable bonds is 5. The fourth-order valence-electron chi connectivity index (χ4n) is 2.08. The van der Waals surface area contributed by atoms with Crippen LogP contribution in [0.2, 0.25) is 5.02 Å². The molecule has 0 aliphatic heterocycles. The zero-order valence-corrected chi connectivity index (χ0v) is 12.3. The molecule has 0 aliphatic carbocycles. The van der Waals surface area contributed by atoms with Gasteiger partial charge in [-0.3, -0.25) is 0 Å². The molecule has 2 heteroatoms. The average molecular weight is 274 g/mol. The van der Waals surface area contributed by atoms with Gasteiger partial charge in [-0.05, 0) is 47.4 Å². The summed E-state index contributed by atoms with van der Waals surface area (Å²) in [4.78, 5) is 0. The van der Waals surface area contributed by atoms with Crippen LogP contribution in [0.15, 0.2) is 42.5 Å². The third-order valence-electron chi connectivity index (χ3n) is 3.31. The summed E-state index contributed by atoms with van der Waals surface area (Å²) in [6.45, 7) is 6.04. The lowest BCUT2D eigenvalue weighted by molar-refractivity contribution is 0.727. The van der Waals surface area contributed by atoms with Gasteiger partial charge in [-0.2, -0.15) is 0 Å². The average Bonchev–Trinajstić information content (AvgIpc) is 2.46. The Morgan fingerprint density at radius 2 is 1.63 bits per heavy atom. The van der Waals surface area contributed by atoms with Crippen molar-refractivity contribution in [3.05, 3.63) is 58.6 Å². The van der Waals surface area contributed by atoms with Crippen molar-refractivity contribution >= 4 is 11.6 Å². The van der Waals surface area contributed by atoms with E-state index in [9.17, 15) is 0 Å². The lowest BCUT2D eigenvalue weighted by atomic mass is 10.0. The highest BCUT2D eigenvalue weighted by atomic mass is 35.5. The molecule has 0 heterocycles. The van der Waals surface area contributed by atoms with Gasteiger partial charge in [0.05, 0.1) is 0 Å². The van der Waals surface area contributed by atoms with E-state index in [1.807, 2.05) is 6.07 Å². The van der Waals surface area contributed by atoms with Crippen LogP contribution >= 0.6 is 11.6 Å². The lowest BCUT2D eigenvalue weighted by Gasteiger charge is -2.09. The fraction of sp³-hybridized carbons (Fsp3) is 0.294. The maximum absolute atomic E-state index is 6.23. The van der Waals surface area contributed by atoms with Gasteiger partial charge in [0.1, 0.15) is 0 Å². The van der Waals surface area contributed by atoms with E-state index in [0.29, 0.717) is 0 Å². The smallest absolute Gasteiger partial charge is 0.0451 e. The monoisotopic (exact) mass is 273 g/mol. The van der Waals surface area contributed by atoms with Crippen LogP contribution in [-0.2, 0) is 13.0 Å². The number of aryl methyl sites for hydroxylation is 1. The van der Waals surface area contributed by atoms with Crippen molar-refractivity contribution in [1.29, 1.82) is 0 Å². The molecule has 0 fully saturated rings. The summed E-state index contributed by atoms with van der Waals surface area (Å²) >= 11 is 6.23. The van der Waals surface area contributed by atoms with E-state index in [1.165, 1.54) is 16.7 Å². The number of nitrogens with one attached hydrogen (secondary N) is 1. The number of benzene rings is 2. The van der Waals surface area contributed by atoms with E-state index < -0.39 is 0 Å². The van der Waals surface area contributed by atoms with Gasteiger partial charge in [-0.15, -0.1) is 0 Å². The standard InChI is InChI=1S/C17H20ClN/c1-3-13-5-7-14(8-6-13)15-9-10-17(18)16(11-15)12-19-4-2/h5-11,19H,3-4,12H2,1-2H3. The Labute approximate surface area is 120 Å². The first kappa shape index (κ1) is 14.1. The second-order valence-electron chi connectivity index (χ2n) is 4.64. The molecule has 2 aromatic rings. The van der Waals surface area contributed by atoms with Gasteiger partial charge in [0, 0.05) is 11.6 Å². The van der Waals surface area contributed by atoms with Gasteiger partial charge >= 0.3 is 0 Å². The molecule has 0 radical (unpaired) electrons. The van der Waals surface area contributed by atoms with Crippen LogP contribution in [0.1, 0.15) is 25.0 Å². The van der Waals surface area contributed by atoms with E-state index in [0.717, 1.165) is 30.1 Å². The minimum absolute atomic E-state index is 0.816. The Morgan fingerprint density at radius 3 is 2.26 bits per heavy atom. The van der Waals surface area contributed by atoms with Crippen molar-refractivity contribution in [1.82, 2.24) is 5.32 Å². The summed E-state index contributed by atoms with van der Waals surface area (Å²) < 4.78 is 0. The molecule has 0 amide bonds. The van der Waals surface area contributed by atoms with E-state index in [1.54, 1.807) is 0 Å². The van der Waals surface area contributed by atoms with Crippen LogP contribution in [0, 0.1) is 0 Å². The largest absolute Gasteiger partial charge is 0.313 e. The van der Waals surface area contributed by atoms with Crippen LogP contribution in [0.4, 0.5) is 0 Å². The van der Waals surface area contributed by atoms with Crippen LogP contribution < -0.4 is 5.32 Å². The van der Waals surface area contributed by atoms with Gasteiger partial charge < -0.3 is 5.32 Å². The zero-order chi connectivity index (χ0) is 13.7. The summed E-state index contributed by atoms with van der Waals surface area (Å²) in [6.07, 6.45) is 1.08. The minimum atomic E-state index is 0.816. The van der Waals surface area contributed by atoms with Gasteiger partial charge in [0.25, 0.3) is 0 Å². The summed E-state index contributed by atoms with van der Waals surface area (Å²) in [5.41, 5.74) is 4.98. The number of hydrogen-bond donors (Lipinski definition) is 1. The molecule has 19 heavy (non-hydrogen) atoms. The van der Waals surface area contributed by atoms with Crippen LogP contribution in [-0.4, -0.2) is 6.54 Å². The van der Waals surface area contributed by atoms with Gasteiger partial charge in [-0.25, -0.2) is 0 Å². The first-order valence-corrected chi connectivity index (χ1v) is 7.20. The van der Waals surface area contributed by atoms with E-state index in [-0.39, 0.29) is 0 Å². The van der Waals surface area contributed by atoms with Crippen molar-refractivity contribution in [3.63, 3.8) is 0 Å². The molecule has 0 atom stereocenters. The Kier molecular flexibility index (Phi) is 5.00. The summed E-state index contributed by atoms with van der Waals surface area (Å²) in [5, 5.41) is 4.15. The second kappa shape index (κ2) is 6.74. The highest BCUT2D eigenvalue weighted by Crippen LogP contribution is 2.25. The first-order valence-electron chi connectivity index (χ1n) is 6.83. The summed E-state index contributed by atoms with van der Waals surface area (Å²) in [6, 6.07) is 15.0. The number of halogens is 1. The molecular weight excluding hydrogens is 254 g/mol. The minimum Gasteiger partial charge on any atom is -0.313 e. The highest BCUT2D eigenvalue weighted by molar-refractivity contribution is 6.31. The number of hydrogen-bond acceptors (Lipinski definition) is 1. The maximum atomic E-state index is 6.23. The quantitative estimate of drug-likeness (QED) is 0.834. The maximum Gasteiger partial charge on any atom is 0.0451 e. The molecule has 2 rings (SSSR count). The topological polar surface area (TPSA) is 12.0 Å². The molecule has 100 valence electrons. The second-order valence-corrected chi connectivity index (χ2v) is 5.04. The van der Waals surface area contributed by atoms with Crippen molar-refractivity contribution in [2.75, 3.05) is 6.54 Å². The molecule has 0 unspecified atom stereocenters. The SMILES string of the molecule is CCNCc1cc(-c2ccc(CC)cc2)ccc1Cl. The third-order valence-corrected chi connectivity index (χ3v) is 3.68. The van der Waals surface area contributed by atoms with Gasteiger partial charge in [-0.1, -0.05) is 55.8 Å². The molecule has 1 N–H and O–H groups in total. The Morgan fingerprint density at radius 1 is 0.947 bits per heavy atom. The molecule has 0 aromatic heterocycles. The van der Waals surface area contributed by atoms with Crippen LogP contribution in [0.25, 0.3) is 11.1 Å². The Bertz CT molecular complexity index is 531. The van der Waals surface area contributed by atoms with Crippen molar-refractivity contribution in [3.8, 4) is 11.1 Å². The molecule has 0 aliphatic rings. The molecule has 0 saturated heterocycles. The Hall–Kier alpha value is -1.31. The van der Waals surface area contributed by atoms with E-state index >= 15 is 0 Å². The van der Waals surface area contributed by atoms with Crippen molar-refractivity contribution in [2.45, 2.75) is 26.8 Å². The summed E-state index contributed by atoms with van der Waals surface area (Å²) in [7, 11) is 0. The van der Waals surface area contributed by atoms with Gasteiger partial charge in [0.2, 0.25) is 0 Å².